The number of aromatic hydroxyl groups is 2. The van der Waals surface area contributed by atoms with Crippen LogP contribution >= 0.6 is 0 Å². The van der Waals surface area contributed by atoms with Crippen LogP contribution in [-0.2, 0) is 10.0 Å². The predicted molar refractivity (Wildman–Crippen MR) is 111 cm³/mol. The van der Waals surface area contributed by atoms with Crippen molar-refractivity contribution < 1.29 is 23.4 Å². The number of amides is 1. The molecule has 0 heterocycles. The number of benzene rings is 3. The lowest BCUT2D eigenvalue weighted by Gasteiger charge is -2.11. The van der Waals surface area contributed by atoms with Crippen LogP contribution in [0.25, 0.3) is 0 Å². The molecule has 0 aliphatic carbocycles. The fraction of sp³-hybridized carbons (Fsp3) is 0.0952. The second-order valence-electron chi connectivity index (χ2n) is 6.56. The minimum absolute atomic E-state index is 0.00175. The average molecular weight is 412 g/mol. The second-order valence-corrected chi connectivity index (χ2v) is 8.24. The van der Waals surface area contributed by atoms with E-state index < -0.39 is 15.9 Å². The minimum atomic E-state index is -3.78. The maximum absolute atomic E-state index is 12.5. The summed E-state index contributed by atoms with van der Waals surface area (Å²) >= 11 is 0. The molecule has 0 saturated carbocycles. The van der Waals surface area contributed by atoms with Gasteiger partial charge in [-0.25, -0.2) is 8.42 Å². The molecular formula is C21H20N2O5S. The Kier molecular flexibility index (Phi) is 5.47. The van der Waals surface area contributed by atoms with Gasteiger partial charge in [-0.2, -0.15) is 0 Å². The molecule has 0 aliphatic rings. The lowest BCUT2D eigenvalue weighted by Crippen LogP contribution is -2.14. The molecule has 0 bridgehead atoms. The first-order chi connectivity index (χ1) is 13.7. The molecule has 0 atom stereocenters. The van der Waals surface area contributed by atoms with Crippen LogP contribution < -0.4 is 10.0 Å². The van der Waals surface area contributed by atoms with Gasteiger partial charge in [-0.15, -0.1) is 0 Å². The van der Waals surface area contributed by atoms with Gasteiger partial charge in [0, 0.05) is 16.9 Å². The third kappa shape index (κ3) is 4.49. The van der Waals surface area contributed by atoms with Gasteiger partial charge in [-0.05, 0) is 67.9 Å². The number of phenolic OH excluding ortho intramolecular Hbond substituents is 2. The second kappa shape index (κ2) is 7.84. The maximum Gasteiger partial charge on any atom is 0.261 e. The van der Waals surface area contributed by atoms with E-state index in [2.05, 4.69) is 10.0 Å². The topological polar surface area (TPSA) is 116 Å². The molecule has 4 N–H and O–H groups in total. The first-order valence-electron chi connectivity index (χ1n) is 8.70. The van der Waals surface area contributed by atoms with E-state index in [0.29, 0.717) is 11.4 Å². The highest BCUT2D eigenvalue weighted by Crippen LogP contribution is 2.30. The van der Waals surface area contributed by atoms with Gasteiger partial charge < -0.3 is 15.5 Å². The van der Waals surface area contributed by atoms with Gasteiger partial charge >= 0.3 is 0 Å². The zero-order chi connectivity index (χ0) is 21.2. The smallest absolute Gasteiger partial charge is 0.261 e. The lowest BCUT2D eigenvalue weighted by atomic mass is 10.1. The molecule has 0 spiro atoms. The van der Waals surface area contributed by atoms with Crippen LogP contribution in [0.1, 0.15) is 21.5 Å². The minimum Gasteiger partial charge on any atom is -0.508 e. The Bertz CT molecular complexity index is 1170. The molecule has 0 radical (unpaired) electrons. The fourth-order valence-corrected chi connectivity index (χ4v) is 3.76. The zero-order valence-electron chi connectivity index (χ0n) is 15.8. The van der Waals surface area contributed by atoms with E-state index in [1.165, 1.54) is 43.3 Å². The third-order valence-electron chi connectivity index (χ3n) is 4.34. The van der Waals surface area contributed by atoms with Crippen LogP contribution in [0.4, 0.5) is 11.4 Å². The molecule has 0 saturated heterocycles. The lowest BCUT2D eigenvalue weighted by molar-refractivity contribution is 0.102. The number of aryl methyl sites for hydroxylation is 1. The van der Waals surface area contributed by atoms with Crippen molar-refractivity contribution in [1.82, 2.24) is 0 Å². The summed E-state index contributed by atoms with van der Waals surface area (Å²) in [6.45, 7) is 3.35. The maximum atomic E-state index is 12.5. The van der Waals surface area contributed by atoms with Crippen molar-refractivity contribution in [3.63, 3.8) is 0 Å². The van der Waals surface area contributed by atoms with Crippen molar-refractivity contribution in [3.8, 4) is 11.5 Å². The first kappa shape index (κ1) is 20.2. The molecule has 3 aromatic rings. The summed E-state index contributed by atoms with van der Waals surface area (Å²) in [5.74, 6) is -1.02. The summed E-state index contributed by atoms with van der Waals surface area (Å²) in [7, 11) is -3.78. The standard InChI is InChI=1S/C21H20N2O5S/c1-13-4-3-5-16(12-13)23-29(27,28)17-8-6-15(7-9-17)22-21(26)18-10-11-19(24)14(2)20(18)25/h3-12,23-25H,1-2H3,(H,22,26). The molecule has 0 unspecified atom stereocenters. The zero-order valence-corrected chi connectivity index (χ0v) is 16.6. The third-order valence-corrected chi connectivity index (χ3v) is 5.74. The molecule has 7 nitrogen and oxygen atoms in total. The van der Waals surface area contributed by atoms with Gasteiger partial charge in [-0.3, -0.25) is 9.52 Å². The summed E-state index contributed by atoms with van der Waals surface area (Å²) < 4.78 is 27.6. The highest BCUT2D eigenvalue weighted by Gasteiger charge is 2.17. The Morgan fingerprint density at radius 2 is 1.59 bits per heavy atom. The van der Waals surface area contributed by atoms with Crippen molar-refractivity contribution in [1.29, 1.82) is 0 Å². The molecular weight excluding hydrogens is 392 g/mol. The summed E-state index contributed by atoms with van der Waals surface area (Å²) in [6.07, 6.45) is 0. The van der Waals surface area contributed by atoms with E-state index in [4.69, 9.17) is 0 Å². The molecule has 150 valence electrons. The molecule has 29 heavy (non-hydrogen) atoms. The molecule has 0 aliphatic heterocycles. The predicted octanol–water partition coefficient (Wildman–Crippen LogP) is 3.77. The average Bonchev–Trinajstić information content (AvgIpc) is 2.66. The largest absolute Gasteiger partial charge is 0.508 e. The number of sulfonamides is 1. The van der Waals surface area contributed by atoms with Crippen LogP contribution in [0.3, 0.4) is 0 Å². The van der Waals surface area contributed by atoms with Gasteiger partial charge in [0.1, 0.15) is 11.5 Å². The number of anilines is 2. The summed E-state index contributed by atoms with van der Waals surface area (Å²) in [5.41, 5.74) is 1.94. The van der Waals surface area contributed by atoms with Gasteiger partial charge in [0.25, 0.3) is 15.9 Å². The number of hydrogen-bond acceptors (Lipinski definition) is 5. The number of hydrogen-bond donors (Lipinski definition) is 4. The van der Waals surface area contributed by atoms with E-state index in [0.717, 1.165) is 5.56 Å². The van der Waals surface area contributed by atoms with Crippen LogP contribution in [-0.4, -0.2) is 24.5 Å². The Balaban J connectivity index is 1.76. The number of carbonyl (C=O) groups is 1. The summed E-state index contributed by atoms with van der Waals surface area (Å²) in [6, 6.07) is 15.3. The van der Waals surface area contributed by atoms with Gasteiger partial charge in [0.15, 0.2) is 0 Å². The first-order valence-corrected chi connectivity index (χ1v) is 10.2. The Labute approximate surface area is 168 Å². The van der Waals surface area contributed by atoms with Crippen LogP contribution in [0.2, 0.25) is 0 Å². The van der Waals surface area contributed by atoms with E-state index in [1.54, 1.807) is 18.2 Å². The summed E-state index contributed by atoms with van der Waals surface area (Å²) in [4.78, 5) is 12.4. The molecule has 8 heteroatoms. The molecule has 3 rings (SSSR count). The van der Waals surface area contributed by atoms with E-state index in [1.807, 2.05) is 13.0 Å². The SMILES string of the molecule is Cc1cccc(NS(=O)(=O)c2ccc(NC(=O)c3ccc(O)c(C)c3O)cc2)c1. The molecule has 0 fully saturated rings. The van der Waals surface area contributed by atoms with E-state index in [9.17, 15) is 23.4 Å². The quantitative estimate of drug-likeness (QED) is 0.509. The van der Waals surface area contributed by atoms with Crippen LogP contribution in [0.5, 0.6) is 11.5 Å². The highest BCUT2D eigenvalue weighted by atomic mass is 32.2. The molecule has 0 aromatic heterocycles. The van der Waals surface area contributed by atoms with Gasteiger partial charge in [-0.1, -0.05) is 12.1 Å². The Morgan fingerprint density at radius 1 is 0.897 bits per heavy atom. The van der Waals surface area contributed by atoms with Crippen LogP contribution in [0, 0.1) is 13.8 Å². The van der Waals surface area contributed by atoms with Crippen molar-refractivity contribution >= 4 is 27.3 Å². The van der Waals surface area contributed by atoms with Gasteiger partial charge in [0.2, 0.25) is 0 Å². The number of nitrogens with one attached hydrogen (secondary N) is 2. The molecule has 3 aromatic carbocycles. The number of phenols is 2. The van der Waals surface area contributed by atoms with E-state index >= 15 is 0 Å². The van der Waals surface area contributed by atoms with Crippen molar-refractivity contribution in [2.24, 2.45) is 0 Å². The van der Waals surface area contributed by atoms with Crippen LogP contribution in [0.15, 0.2) is 65.6 Å². The Hall–Kier alpha value is -3.52. The van der Waals surface area contributed by atoms with Crippen molar-refractivity contribution in [3.05, 3.63) is 77.4 Å². The normalized spacial score (nSPS) is 11.1. The van der Waals surface area contributed by atoms with Gasteiger partial charge in [0.05, 0.1) is 10.5 Å². The highest BCUT2D eigenvalue weighted by molar-refractivity contribution is 7.92. The van der Waals surface area contributed by atoms with E-state index in [-0.39, 0.29) is 27.5 Å². The Morgan fingerprint density at radius 3 is 2.24 bits per heavy atom. The van der Waals surface area contributed by atoms with Crippen molar-refractivity contribution in [2.45, 2.75) is 18.7 Å². The monoisotopic (exact) mass is 412 g/mol. The number of carbonyl (C=O) groups excluding carboxylic acids is 1. The summed E-state index contributed by atoms with van der Waals surface area (Å²) in [5, 5.41) is 22.2. The van der Waals surface area contributed by atoms with Crippen molar-refractivity contribution in [2.75, 3.05) is 10.0 Å². The fourth-order valence-electron chi connectivity index (χ4n) is 2.71. The molecule has 1 amide bonds. The number of rotatable bonds is 5.